The van der Waals surface area contributed by atoms with Gasteiger partial charge in [-0.05, 0) is 6.92 Å². The minimum absolute atomic E-state index is 0.410. The molecule has 0 saturated heterocycles. The number of aliphatic imine (C=N–C) groups is 2. The van der Waals surface area contributed by atoms with Gasteiger partial charge in [0.25, 0.3) is 0 Å². The van der Waals surface area contributed by atoms with Crippen LogP contribution in [0.5, 0.6) is 0 Å². The van der Waals surface area contributed by atoms with Gasteiger partial charge in [-0.2, -0.15) is 4.99 Å². The Morgan fingerprint density at radius 1 is 1.70 bits per heavy atom. The Morgan fingerprint density at radius 2 is 2.40 bits per heavy atom. The van der Waals surface area contributed by atoms with Crippen LogP contribution in [0.2, 0.25) is 0 Å². The van der Waals surface area contributed by atoms with Crippen LogP contribution in [-0.2, 0) is 4.74 Å². The molecule has 0 fully saturated rings. The molecule has 5 nitrogen and oxygen atoms in total. The summed E-state index contributed by atoms with van der Waals surface area (Å²) < 4.78 is 4.84. The molecule has 0 aromatic rings. The van der Waals surface area contributed by atoms with Crippen LogP contribution in [0.15, 0.2) is 9.98 Å². The van der Waals surface area contributed by atoms with E-state index in [2.05, 4.69) is 9.98 Å². The highest BCUT2D eigenvalue weighted by Crippen LogP contribution is 1.95. The van der Waals surface area contributed by atoms with Crippen molar-refractivity contribution >= 4 is 11.9 Å². The zero-order valence-electron chi connectivity index (χ0n) is 6.03. The minimum Gasteiger partial charge on any atom is -0.467 e. The van der Waals surface area contributed by atoms with Gasteiger partial charge in [0, 0.05) is 0 Å². The van der Waals surface area contributed by atoms with E-state index in [0.717, 1.165) is 0 Å². The number of hydrogen-bond donors (Lipinski definition) is 1. The Bertz CT molecular complexity index is 186. The lowest BCUT2D eigenvalue weighted by Gasteiger charge is -2.19. The van der Waals surface area contributed by atoms with Crippen LogP contribution in [0.4, 0.5) is 0 Å². The fourth-order valence-electron chi connectivity index (χ4n) is 0.640. The van der Waals surface area contributed by atoms with Crippen molar-refractivity contribution in [3.8, 4) is 0 Å². The summed E-state index contributed by atoms with van der Waals surface area (Å²) in [6.45, 7) is 2.21. The van der Waals surface area contributed by atoms with Gasteiger partial charge < -0.3 is 4.74 Å². The minimum atomic E-state index is 0.410. The maximum absolute atomic E-state index is 5.42. The van der Waals surface area contributed by atoms with Gasteiger partial charge >= 0.3 is 6.02 Å². The Kier molecular flexibility index (Phi) is 1.86. The van der Waals surface area contributed by atoms with Crippen molar-refractivity contribution < 1.29 is 4.74 Å². The van der Waals surface area contributed by atoms with Crippen molar-refractivity contribution in [2.24, 2.45) is 15.8 Å². The molecule has 0 saturated carbocycles. The van der Waals surface area contributed by atoms with Crippen LogP contribution < -0.4 is 5.84 Å². The summed E-state index contributed by atoms with van der Waals surface area (Å²) in [6, 6.07) is 0.410. The predicted octanol–water partition coefficient (Wildman–Crippen LogP) is -0.446. The molecule has 5 heteroatoms. The van der Waals surface area contributed by atoms with E-state index < -0.39 is 0 Å². The first-order chi connectivity index (χ1) is 4.74. The summed E-state index contributed by atoms with van der Waals surface area (Å²) in [6.07, 6.45) is 0. The summed E-state index contributed by atoms with van der Waals surface area (Å²) >= 11 is 0. The average Bonchev–Trinajstić information content (AvgIpc) is 1.94. The lowest BCUT2D eigenvalue weighted by atomic mass is 10.6. The molecule has 0 radical (unpaired) electrons. The van der Waals surface area contributed by atoms with Gasteiger partial charge in [-0.15, -0.1) is 0 Å². The van der Waals surface area contributed by atoms with Crippen molar-refractivity contribution in [3.63, 3.8) is 0 Å². The van der Waals surface area contributed by atoms with Crippen molar-refractivity contribution in [3.05, 3.63) is 0 Å². The van der Waals surface area contributed by atoms with Gasteiger partial charge in [0.1, 0.15) is 12.5 Å². The van der Waals surface area contributed by atoms with Crippen molar-refractivity contribution in [1.82, 2.24) is 5.01 Å². The molecule has 0 spiro atoms. The van der Waals surface area contributed by atoms with Crippen LogP contribution in [0.3, 0.4) is 0 Å². The molecule has 1 heterocycles. The summed E-state index contributed by atoms with van der Waals surface area (Å²) in [7, 11) is 1.53. The SMILES string of the molecule is COC1=NC(C)=NCN1N. The topological polar surface area (TPSA) is 63.2 Å². The first-order valence-electron chi connectivity index (χ1n) is 2.90. The molecule has 0 unspecified atom stereocenters. The van der Waals surface area contributed by atoms with Gasteiger partial charge in [0.2, 0.25) is 0 Å². The highest BCUT2D eigenvalue weighted by atomic mass is 16.5. The fourth-order valence-corrected chi connectivity index (χ4v) is 0.640. The average molecular weight is 142 g/mol. The smallest absolute Gasteiger partial charge is 0.309 e. The predicted molar refractivity (Wildman–Crippen MR) is 38.4 cm³/mol. The molecule has 0 aromatic carbocycles. The molecule has 2 N–H and O–H groups in total. The Balaban J connectivity index is 2.73. The number of ether oxygens (including phenoxy) is 1. The normalized spacial score (nSPS) is 18.1. The summed E-state index contributed by atoms with van der Waals surface area (Å²) in [4.78, 5) is 7.89. The number of hydrogen-bond acceptors (Lipinski definition) is 5. The molecule has 1 aliphatic heterocycles. The second-order valence-corrected chi connectivity index (χ2v) is 1.92. The van der Waals surface area contributed by atoms with Crippen LogP contribution in [0.1, 0.15) is 6.92 Å². The second-order valence-electron chi connectivity index (χ2n) is 1.92. The molecule has 0 amide bonds. The molecule has 0 aromatic heterocycles. The maximum Gasteiger partial charge on any atom is 0.309 e. The van der Waals surface area contributed by atoms with E-state index in [1.807, 2.05) is 0 Å². The third kappa shape index (κ3) is 1.24. The van der Waals surface area contributed by atoms with Crippen molar-refractivity contribution in [2.45, 2.75) is 6.92 Å². The number of nitrogens with two attached hydrogens (primary N) is 1. The highest BCUT2D eigenvalue weighted by molar-refractivity contribution is 5.93. The van der Waals surface area contributed by atoms with E-state index in [0.29, 0.717) is 18.5 Å². The first-order valence-corrected chi connectivity index (χ1v) is 2.90. The van der Waals surface area contributed by atoms with Crippen molar-refractivity contribution in [1.29, 1.82) is 0 Å². The van der Waals surface area contributed by atoms with Crippen LogP contribution >= 0.6 is 0 Å². The maximum atomic E-state index is 5.42. The van der Waals surface area contributed by atoms with Gasteiger partial charge in [0.05, 0.1) is 7.11 Å². The van der Waals surface area contributed by atoms with Gasteiger partial charge in [-0.25, -0.2) is 15.8 Å². The molecular weight excluding hydrogens is 132 g/mol. The largest absolute Gasteiger partial charge is 0.467 e. The summed E-state index contributed by atoms with van der Waals surface area (Å²) in [5, 5.41) is 1.34. The van der Waals surface area contributed by atoms with Crippen molar-refractivity contribution in [2.75, 3.05) is 13.8 Å². The van der Waals surface area contributed by atoms with E-state index in [-0.39, 0.29) is 0 Å². The van der Waals surface area contributed by atoms with Gasteiger partial charge in [-0.1, -0.05) is 0 Å². The monoisotopic (exact) mass is 142 g/mol. The van der Waals surface area contributed by atoms with Crippen LogP contribution in [0, 0.1) is 0 Å². The molecule has 1 aliphatic rings. The fraction of sp³-hybridized carbons (Fsp3) is 0.600. The molecule has 0 aliphatic carbocycles. The second kappa shape index (κ2) is 2.66. The van der Waals surface area contributed by atoms with E-state index in [9.17, 15) is 0 Å². The lowest BCUT2D eigenvalue weighted by Crippen LogP contribution is -2.41. The van der Waals surface area contributed by atoms with Crippen LogP contribution in [-0.4, -0.2) is 30.6 Å². The zero-order chi connectivity index (χ0) is 7.56. The van der Waals surface area contributed by atoms with Gasteiger partial charge in [-0.3, -0.25) is 0 Å². The van der Waals surface area contributed by atoms with E-state index in [1.54, 1.807) is 6.92 Å². The standard InChI is InChI=1S/C5H10N4O/c1-4-7-3-9(6)5(8-4)10-2/h3,6H2,1-2H3. The number of hydrazine groups is 1. The van der Waals surface area contributed by atoms with E-state index in [1.165, 1.54) is 12.1 Å². The molecule has 0 atom stereocenters. The molecule has 10 heavy (non-hydrogen) atoms. The number of rotatable bonds is 0. The Morgan fingerprint density at radius 3 is 2.90 bits per heavy atom. The van der Waals surface area contributed by atoms with Crippen LogP contribution in [0.25, 0.3) is 0 Å². The lowest BCUT2D eigenvalue weighted by molar-refractivity contribution is 0.287. The zero-order valence-corrected chi connectivity index (χ0v) is 6.03. The number of methoxy groups -OCH3 is 1. The van der Waals surface area contributed by atoms with E-state index in [4.69, 9.17) is 10.6 Å². The number of amidine groups is 2. The summed E-state index contributed by atoms with van der Waals surface area (Å²) in [5.74, 6) is 6.12. The van der Waals surface area contributed by atoms with Gasteiger partial charge in [0.15, 0.2) is 0 Å². The van der Waals surface area contributed by atoms with E-state index >= 15 is 0 Å². The molecule has 0 bridgehead atoms. The third-order valence-electron chi connectivity index (χ3n) is 1.14. The Labute approximate surface area is 59.2 Å². The summed E-state index contributed by atoms with van der Waals surface area (Å²) in [5.41, 5.74) is 0. The first kappa shape index (κ1) is 7.01. The molecule has 56 valence electrons. The third-order valence-corrected chi connectivity index (χ3v) is 1.14. The quantitative estimate of drug-likeness (QED) is 0.466. The highest BCUT2D eigenvalue weighted by Gasteiger charge is 2.10. The molecular formula is C5H10N4O. The number of nitrogens with zero attached hydrogens (tertiary/aromatic N) is 3. The molecule has 1 rings (SSSR count). The Hall–Kier alpha value is -1.10.